The van der Waals surface area contributed by atoms with Crippen molar-refractivity contribution in [2.45, 2.75) is 19.0 Å². The Balaban J connectivity index is 3.06. The number of halogens is 3. The maximum absolute atomic E-state index is 12.4. The summed E-state index contributed by atoms with van der Waals surface area (Å²) in [6.07, 6.45) is -2.92. The molecule has 6 nitrogen and oxygen atoms in total. The van der Waals surface area contributed by atoms with Gasteiger partial charge in [-0.05, 0) is 25.1 Å². The number of pyridine rings is 1. The lowest BCUT2D eigenvalue weighted by Crippen LogP contribution is -2.32. The summed E-state index contributed by atoms with van der Waals surface area (Å²) >= 11 is 0. The maximum Gasteiger partial charge on any atom is 0.449 e. The number of nitriles is 1. The first-order valence-electron chi connectivity index (χ1n) is 5.92. The summed E-state index contributed by atoms with van der Waals surface area (Å²) < 4.78 is 37.1. The van der Waals surface area contributed by atoms with Gasteiger partial charge in [0.2, 0.25) is 5.84 Å². The fraction of sp³-hybridized carbons (Fsp3) is 0.333. The summed E-state index contributed by atoms with van der Waals surface area (Å²) in [5, 5.41) is 8.63. The molecule has 0 atom stereocenters. The van der Waals surface area contributed by atoms with Gasteiger partial charge in [-0.15, -0.1) is 0 Å². The Morgan fingerprint density at radius 1 is 1.38 bits per heavy atom. The second-order valence-electron chi connectivity index (χ2n) is 3.93. The molecular formula is C12H13F3N6. The van der Waals surface area contributed by atoms with Crippen molar-refractivity contribution in [1.29, 1.82) is 5.26 Å². The topological polar surface area (TPSA) is 113 Å². The van der Waals surface area contributed by atoms with Crippen LogP contribution < -0.4 is 11.5 Å². The fourth-order valence-electron chi connectivity index (χ4n) is 1.25. The molecule has 0 aliphatic rings. The predicted octanol–water partition coefficient (Wildman–Crippen LogP) is 1.64. The zero-order valence-electron chi connectivity index (χ0n) is 10.9. The number of hydrogen-bond donors (Lipinski definition) is 2. The minimum atomic E-state index is -4.72. The Kier molecular flexibility index (Phi) is 5.80. The van der Waals surface area contributed by atoms with Gasteiger partial charge in [0, 0.05) is 12.6 Å². The lowest BCUT2D eigenvalue weighted by Gasteiger charge is -2.06. The Hall–Kier alpha value is -2.47. The van der Waals surface area contributed by atoms with Crippen LogP contribution >= 0.6 is 0 Å². The molecule has 0 aliphatic carbocycles. The molecule has 112 valence electrons. The lowest BCUT2D eigenvalue weighted by molar-refractivity contribution is -0.0597. The van der Waals surface area contributed by atoms with E-state index in [4.69, 9.17) is 16.7 Å². The molecule has 0 bridgehead atoms. The third kappa shape index (κ3) is 5.58. The highest BCUT2D eigenvalue weighted by Gasteiger charge is 2.33. The second-order valence-corrected chi connectivity index (χ2v) is 3.93. The van der Waals surface area contributed by atoms with Gasteiger partial charge in [0.25, 0.3) is 0 Å². The highest BCUT2D eigenvalue weighted by molar-refractivity contribution is 5.99. The number of aliphatic imine (C=N–C) groups is 2. The molecule has 1 rings (SSSR count). The lowest BCUT2D eigenvalue weighted by atomic mass is 10.3. The van der Waals surface area contributed by atoms with Crippen molar-refractivity contribution >= 4 is 17.5 Å². The molecule has 1 heterocycles. The Morgan fingerprint density at radius 2 is 2.10 bits per heavy atom. The number of aromatic nitrogens is 1. The minimum absolute atomic E-state index is 0.118. The highest BCUT2D eigenvalue weighted by atomic mass is 19.4. The van der Waals surface area contributed by atoms with Crippen LogP contribution in [0.4, 0.5) is 19.0 Å². The van der Waals surface area contributed by atoms with Gasteiger partial charge in [0.1, 0.15) is 11.9 Å². The van der Waals surface area contributed by atoms with Gasteiger partial charge in [-0.1, -0.05) is 0 Å². The van der Waals surface area contributed by atoms with E-state index in [2.05, 4.69) is 15.0 Å². The van der Waals surface area contributed by atoms with E-state index in [1.165, 1.54) is 18.3 Å². The molecular weight excluding hydrogens is 285 g/mol. The Morgan fingerprint density at radius 3 is 2.57 bits per heavy atom. The van der Waals surface area contributed by atoms with Crippen molar-refractivity contribution in [2.75, 3.05) is 6.54 Å². The molecule has 0 amide bonds. The molecule has 21 heavy (non-hydrogen) atoms. The third-order valence-corrected chi connectivity index (χ3v) is 2.27. The van der Waals surface area contributed by atoms with Crippen molar-refractivity contribution in [1.82, 2.24) is 4.98 Å². The van der Waals surface area contributed by atoms with E-state index < -0.39 is 12.0 Å². The zero-order chi connectivity index (χ0) is 15.9. The highest BCUT2D eigenvalue weighted by Crippen LogP contribution is 2.16. The van der Waals surface area contributed by atoms with E-state index in [1.807, 2.05) is 6.07 Å². The van der Waals surface area contributed by atoms with Crippen LogP contribution in [0.25, 0.3) is 0 Å². The number of amidine groups is 2. The second kappa shape index (κ2) is 7.35. The Labute approximate surface area is 119 Å². The first kappa shape index (κ1) is 16.6. The van der Waals surface area contributed by atoms with Gasteiger partial charge in [0.05, 0.1) is 5.56 Å². The van der Waals surface area contributed by atoms with Crippen LogP contribution in [0.5, 0.6) is 0 Å². The summed E-state index contributed by atoms with van der Waals surface area (Å²) in [5.41, 5.74) is 10.5. The molecule has 4 N–H and O–H groups in total. The smallest absolute Gasteiger partial charge is 0.380 e. The normalized spacial score (nSPS) is 13.1. The van der Waals surface area contributed by atoms with E-state index in [0.29, 0.717) is 12.0 Å². The molecule has 0 aliphatic heterocycles. The number of nitrogens with zero attached hydrogens (tertiary/aromatic N) is 4. The fourth-order valence-corrected chi connectivity index (χ4v) is 1.25. The molecule has 0 saturated heterocycles. The van der Waals surface area contributed by atoms with Crippen LogP contribution in [0.2, 0.25) is 0 Å². The van der Waals surface area contributed by atoms with E-state index in [-0.39, 0.29) is 24.6 Å². The molecule has 0 radical (unpaired) electrons. The van der Waals surface area contributed by atoms with Crippen LogP contribution in [0.1, 0.15) is 18.4 Å². The van der Waals surface area contributed by atoms with Crippen LogP contribution in [0, 0.1) is 11.3 Å². The summed E-state index contributed by atoms with van der Waals surface area (Å²) in [4.78, 5) is 11.0. The first-order chi connectivity index (χ1) is 9.86. The number of nitrogens with two attached hydrogens (primary N) is 2. The van der Waals surface area contributed by atoms with Gasteiger partial charge < -0.3 is 11.5 Å². The van der Waals surface area contributed by atoms with Crippen LogP contribution in [-0.2, 0) is 0 Å². The Bertz CT molecular complexity index is 568. The van der Waals surface area contributed by atoms with Gasteiger partial charge >= 0.3 is 6.18 Å². The quantitative estimate of drug-likeness (QED) is 0.649. The molecule has 0 aromatic carbocycles. The summed E-state index contributed by atoms with van der Waals surface area (Å²) in [7, 11) is 0. The van der Waals surface area contributed by atoms with Gasteiger partial charge in [-0.3, -0.25) is 0 Å². The van der Waals surface area contributed by atoms with Crippen LogP contribution in [-0.4, -0.2) is 29.4 Å². The maximum atomic E-state index is 12.4. The average Bonchev–Trinajstić information content (AvgIpc) is 2.44. The zero-order valence-corrected chi connectivity index (χ0v) is 10.9. The molecule has 9 heteroatoms. The molecule has 1 aromatic heterocycles. The van der Waals surface area contributed by atoms with Gasteiger partial charge in [-0.25, -0.2) is 15.0 Å². The molecule has 0 saturated carbocycles. The number of hydrogen-bond acceptors (Lipinski definition) is 4. The molecule has 1 aromatic rings. The minimum Gasteiger partial charge on any atom is -0.380 e. The van der Waals surface area contributed by atoms with Gasteiger partial charge in [0.15, 0.2) is 5.82 Å². The average molecular weight is 298 g/mol. The summed E-state index contributed by atoms with van der Waals surface area (Å²) in [5.74, 6) is -1.46. The molecule has 0 spiro atoms. The van der Waals surface area contributed by atoms with Crippen LogP contribution in [0.15, 0.2) is 28.3 Å². The standard InChI is InChI=1S/C12H13F3N6/c13-12(14,15)11(18)21-10(2-1-5-16)20-9-4-3-8(6-17)7-19-9/h3-4,7H,1-2,5,16H2,(H2,18,19,20,21). The van der Waals surface area contributed by atoms with E-state index >= 15 is 0 Å². The monoisotopic (exact) mass is 298 g/mol. The SMILES string of the molecule is N#Cc1ccc(N=C(CCCN)N=C(N)C(F)(F)F)nc1. The largest absolute Gasteiger partial charge is 0.449 e. The van der Waals surface area contributed by atoms with E-state index in [1.54, 1.807) is 0 Å². The molecule has 0 unspecified atom stereocenters. The first-order valence-corrected chi connectivity index (χ1v) is 5.92. The third-order valence-electron chi connectivity index (χ3n) is 2.27. The van der Waals surface area contributed by atoms with Gasteiger partial charge in [-0.2, -0.15) is 18.4 Å². The number of alkyl halides is 3. The van der Waals surface area contributed by atoms with E-state index in [9.17, 15) is 13.2 Å². The molecule has 0 fully saturated rings. The van der Waals surface area contributed by atoms with Crippen molar-refractivity contribution in [3.8, 4) is 6.07 Å². The van der Waals surface area contributed by atoms with Crippen molar-refractivity contribution in [3.05, 3.63) is 23.9 Å². The van der Waals surface area contributed by atoms with Crippen molar-refractivity contribution in [2.24, 2.45) is 21.5 Å². The van der Waals surface area contributed by atoms with E-state index in [0.717, 1.165) is 0 Å². The van der Waals surface area contributed by atoms with Crippen molar-refractivity contribution < 1.29 is 13.2 Å². The van der Waals surface area contributed by atoms with Crippen molar-refractivity contribution in [3.63, 3.8) is 0 Å². The summed E-state index contributed by atoms with van der Waals surface area (Å²) in [6.45, 7) is 0.279. The van der Waals surface area contributed by atoms with Crippen LogP contribution in [0.3, 0.4) is 0 Å². The predicted molar refractivity (Wildman–Crippen MR) is 72.0 cm³/mol. The summed E-state index contributed by atoms with van der Waals surface area (Å²) in [6, 6.07) is 4.72. The number of rotatable bonds is 4.